The molecular weight excluding hydrogens is 268 g/mol. The molecule has 1 amide bonds. The molecule has 1 heterocycles. The van der Waals surface area contributed by atoms with Gasteiger partial charge < -0.3 is 10.0 Å². The molecule has 0 radical (unpaired) electrons. The third-order valence-electron chi connectivity index (χ3n) is 3.53. The number of hydrogen-bond acceptors (Lipinski definition) is 2. The van der Waals surface area contributed by atoms with E-state index in [-0.39, 0.29) is 11.8 Å². The number of benzene rings is 1. The van der Waals surface area contributed by atoms with E-state index in [0.717, 1.165) is 18.2 Å². The lowest BCUT2D eigenvalue weighted by Crippen LogP contribution is -2.45. The van der Waals surface area contributed by atoms with Gasteiger partial charge in [-0.05, 0) is 30.5 Å². The van der Waals surface area contributed by atoms with Crippen LogP contribution in [0.4, 0.5) is 8.78 Å². The van der Waals surface area contributed by atoms with Gasteiger partial charge in [0, 0.05) is 12.0 Å². The average Bonchev–Trinajstić information content (AvgIpc) is 2.33. The highest BCUT2D eigenvalue weighted by atomic mass is 19.1. The average molecular weight is 283 g/mol. The van der Waals surface area contributed by atoms with Crippen LogP contribution in [0.25, 0.3) is 0 Å². The number of carboxylic acids is 1. The second-order valence-corrected chi connectivity index (χ2v) is 5.06. The van der Waals surface area contributed by atoms with Crippen molar-refractivity contribution < 1.29 is 23.5 Å². The maximum atomic E-state index is 13.3. The van der Waals surface area contributed by atoms with E-state index in [1.807, 2.05) is 0 Å². The number of hydrogen-bond donors (Lipinski definition) is 1. The lowest BCUT2D eigenvalue weighted by Gasteiger charge is -2.37. The van der Waals surface area contributed by atoms with Gasteiger partial charge in [-0.3, -0.25) is 9.59 Å². The lowest BCUT2D eigenvalue weighted by atomic mass is 9.89. The number of aliphatic carboxylic acids is 1. The van der Waals surface area contributed by atoms with Gasteiger partial charge in [-0.2, -0.15) is 0 Å². The van der Waals surface area contributed by atoms with E-state index in [9.17, 15) is 18.4 Å². The minimum absolute atomic E-state index is 0.274. The fourth-order valence-corrected chi connectivity index (χ4v) is 2.57. The van der Waals surface area contributed by atoms with Crippen LogP contribution in [0.2, 0.25) is 0 Å². The molecule has 2 atom stereocenters. The maximum Gasteiger partial charge on any atom is 0.323 e. The summed E-state index contributed by atoms with van der Waals surface area (Å²) in [6, 6.07) is 2.44. The van der Waals surface area contributed by atoms with Gasteiger partial charge in [0.25, 0.3) is 0 Å². The Morgan fingerprint density at radius 1 is 1.30 bits per heavy atom. The third-order valence-corrected chi connectivity index (χ3v) is 3.53. The van der Waals surface area contributed by atoms with Gasteiger partial charge in [-0.25, -0.2) is 8.78 Å². The molecule has 0 saturated carbocycles. The number of carboxylic acid groups (broad SMARTS) is 1. The summed E-state index contributed by atoms with van der Waals surface area (Å²) in [7, 11) is 0. The first-order valence-electron chi connectivity index (χ1n) is 6.36. The fourth-order valence-electron chi connectivity index (χ4n) is 2.57. The molecule has 1 fully saturated rings. The summed E-state index contributed by atoms with van der Waals surface area (Å²) in [5, 5.41) is 8.90. The zero-order chi connectivity index (χ0) is 14.9. The Morgan fingerprint density at radius 2 is 1.90 bits per heavy atom. The molecule has 1 N–H and O–H groups in total. The zero-order valence-corrected chi connectivity index (χ0v) is 11.0. The van der Waals surface area contributed by atoms with Gasteiger partial charge in [-0.15, -0.1) is 0 Å². The van der Waals surface area contributed by atoms with E-state index in [1.54, 1.807) is 6.92 Å². The van der Waals surface area contributed by atoms with Crippen LogP contribution in [0.1, 0.15) is 31.4 Å². The Balaban J connectivity index is 2.36. The first-order chi connectivity index (χ1) is 9.38. The van der Waals surface area contributed by atoms with Crippen molar-refractivity contribution in [3.8, 4) is 0 Å². The fraction of sp³-hybridized carbons (Fsp3) is 0.429. The van der Waals surface area contributed by atoms with Crippen molar-refractivity contribution in [3.05, 3.63) is 35.4 Å². The van der Waals surface area contributed by atoms with Crippen molar-refractivity contribution in [1.29, 1.82) is 0 Å². The molecule has 1 aromatic carbocycles. The molecule has 0 unspecified atom stereocenters. The summed E-state index contributed by atoms with van der Waals surface area (Å²) in [5.41, 5.74) is 0.295. The van der Waals surface area contributed by atoms with Gasteiger partial charge in [0.15, 0.2) is 0 Å². The first kappa shape index (κ1) is 14.4. The SMILES string of the molecule is C[C@@H]1CC[C@@H](c2cc(F)cc(F)c2)N(CC(=O)O)C1=O. The van der Waals surface area contributed by atoms with Crippen molar-refractivity contribution >= 4 is 11.9 Å². The van der Waals surface area contributed by atoms with Crippen molar-refractivity contribution in [1.82, 2.24) is 4.90 Å². The number of halogens is 2. The molecule has 108 valence electrons. The molecule has 0 bridgehead atoms. The molecule has 0 aliphatic carbocycles. The van der Waals surface area contributed by atoms with Crippen LogP contribution in [-0.2, 0) is 9.59 Å². The van der Waals surface area contributed by atoms with Gasteiger partial charge in [0.05, 0.1) is 6.04 Å². The number of amides is 1. The largest absolute Gasteiger partial charge is 0.480 e. The van der Waals surface area contributed by atoms with Crippen LogP contribution in [0.5, 0.6) is 0 Å². The highest BCUT2D eigenvalue weighted by Crippen LogP contribution is 2.34. The molecule has 6 heteroatoms. The van der Waals surface area contributed by atoms with Crippen molar-refractivity contribution in [2.45, 2.75) is 25.8 Å². The minimum Gasteiger partial charge on any atom is -0.480 e. The third kappa shape index (κ3) is 2.95. The van der Waals surface area contributed by atoms with E-state index >= 15 is 0 Å². The molecule has 2 rings (SSSR count). The quantitative estimate of drug-likeness (QED) is 0.926. The molecular formula is C14H15F2NO3. The van der Waals surface area contributed by atoms with Crippen molar-refractivity contribution in [2.75, 3.05) is 6.54 Å². The smallest absolute Gasteiger partial charge is 0.323 e. The Hall–Kier alpha value is -1.98. The Bertz CT molecular complexity index is 527. The second-order valence-electron chi connectivity index (χ2n) is 5.06. The lowest BCUT2D eigenvalue weighted by molar-refractivity contribution is -0.150. The van der Waals surface area contributed by atoms with E-state index < -0.39 is 30.2 Å². The Kier molecular flexibility index (Phi) is 4.01. The molecule has 0 aromatic heterocycles. The molecule has 4 nitrogen and oxygen atoms in total. The van der Waals surface area contributed by atoms with Crippen LogP contribution in [0.3, 0.4) is 0 Å². The van der Waals surface area contributed by atoms with Crippen LogP contribution in [0.15, 0.2) is 18.2 Å². The standard InChI is InChI=1S/C14H15F2NO3/c1-8-2-3-12(17(14(8)20)7-13(18)19)9-4-10(15)6-11(16)5-9/h4-6,8,12H,2-3,7H2,1H3,(H,18,19)/t8-,12+/m1/s1. The summed E-state index contributed by atoms with van der Waals surface area (Å²) in [6.45, 7) is 1.26. The molecule has 1 saturated heterocycles. The second kappa shape index (κ2) is 5.56. The van der Waals surface area contributed by atoms with Crippen molar-refractivity contribution in [2.24, 2.45) is 5.92 Å². The summed E-state index contributed by atoms with van der Waals surface area (Å²) >= 11 is 0. The van der Waals surface area contributed by atoms with Gasteiger partial charge in [0.1, 0.15) is 18.2 Å². The molecule has 1 aliphatic heterocycles. The highest BCUT2D eigenvalue weighted by Gasteiger charge is 2.35. The normalized spacial score (nSPS) is 22.9. The number of rotatable bonds is 3. The van der Waals surface area contributed by atoms with Crippen LogP contribution >= 0.6 is 0 Å². The topological polar surface area (TPSA) is 57.6 Å². The minimum atomic E-state index is -1.14. The summed E-state index contributed by atoms with van der Waals surface area (Å²) in [4.78, 5) is 24.2. The van der Waals surface area contributed by atoms with Crippen molar-refractivity contribution in [3.63, 3.8) is 0 Å². The summed E-state index contributed by atoms with van der Waals surface area (Å²) in [5.74, 6) is -3.19. The molecule has 0 spiro atoms. The predicted molar refractivity (Wildman–Crippen MR) is 66.8 cm³/mol. The van der Waals surface area contributed by atoms with Gasteiger partial charge in [0.2, 0.25) is 5.91 Å². The van der Waals surface area contributed by atoms with Crippen LogP contribution in [0, 0.1) is 17.6 Å². The number of likely N-dealkylation sites (tertiary alicyclic amines) is 1. The number of carbonyl (C=O) groups excluding carboxylic acids is 1. The first-order valence-corrected chi connectivity index (χ1v) is 6.36. The molecule has 1 aliphatic rings. The zero-order valence-electron chi connectivity index (χ0n) is 11.0. The summed E-state index contributed by atoms with van der Waals surface area (Å²) in [6.07, 6.45) is 1.06. The number of nitrogens with zero attached hydrogens (tertiary/aromatic N) is 1. The Labute approximate surface area is 115 Å². The highest BCUT2D eigenvalue weighted by molar-refractivity contribution is 5.84. The number of piperidine rings is 1. The molecule has 20 heavy (non-hydrogen) atoms. The van der Waals surface area contributed by atoms with E-state index in [1.165, 1.54) is 4.90 Å². The van der Waals surface area contributed by atoms with Crippen LogP contribution < -0.4 is 0 Å². The van der Waals surface area contributed by atoms with E-state index in [2.05, 4.69) is 0 Å². The van der Waals surface area contributed by atoms with Gasteiger partial charge in [-0.1, -0.05) is 6.92 Å². The number of carbonyl (C=O) groups is 2. The van der Waals surface area contributed by atoms with Crippen LogP contribution in [-0.4, -0.2) is 28.4 Å². The molecule has 1 aromatic rings. The Morgan fingerprint density at radius 3 is 2.45 bits per heavy atom. The predicted octanol–water partition coefficient (Wildman–Crippen LogP) is 2.35. The van der Waals surface area contributed by atoms with E-state index in [0.29, 0.717) is 18.4 Å². The van der Waals surface area contributed by atoms with Gasteiger partial charge >= 0.3 is 5.97 Å². The summed E-state index contributed by atoms with van der Waals surface area (Å²) < 4.78 is 26.6. The monoisotopic (exact) mass is 283 g/mol. The van der Waals surface area contributed by atoms with E-state index in [4.69, 9.17) is 5.11 Å². The maximum absolute atomic E-state index is 13.3.